The van der Waals surface area contributed by atoms with Crippen molar-refractivity contribution in [2.45, 2.75) is 6.04 Å². The van der Waals surface area contributed by atoms with Crippen molar-refractivity contribution >= 4 is 12.4 Å². The fourth-order valence-corrected chi connectivity index (χ4v) is 2.33. The summed E-state index contributed by atoms with van der Waals surface area (Å²) in [5.41, 5.74) is 0.946. The van der Waals surface area contributed by atoms with Crippen molar-refractivity contribution in [3.05, 3.63) is 23.8 Å². The van der Waals surface area contributed by atoms with Gasteiger partial charge in [-0.05, 0) is 17.7 Å². The van der Waals surface area contributed by atoms with Crippen LogP contribution in [0.5, 0.6) is 11.5 Å². The minimum absolute atomic E-state index is 0. The molecule has 1 atom stereocenters. The van der Waals surface area contributed by atoms with Crippen molar-refractivity contribution < 1.29 is 9.47 Å². The summed E-state index contributed by atoms with van der Waals surface area (Å²) < 4.78 is 10.5. The van der Waals surface area contributed by atoms with E-state index < -0.39 is 0 Å². The zero-order valence-electron chi connectivity index (χ0n) is 11.8. The molecule has 0 amide bonds. The van der Waals surface area contributed by atoms with Crippen LogP contribution >= 0.6 is 12.4 Å². The molecule has 1 fully saturated rings. The zero-order valence-corrected chi connectivity index (χ0v) is 12.6. The standard InChI is InChI=1S/C14H19N3O2.ClH/c1-18-13-4-3-11(9-14(13)19-2)12(10-15)17-7-5-16-6-8-17;/h3-4,9,12,16H,5-8H2,1-2H3;1H. The van der Waals surface area contributed by atoms with E-state index in [0.29, 0.717) is 11.5 Å². The van der Waals surface area contributed by atoms with Crippen molar-refractivity contribution in [3.63, 3.8) is 0 Å². The highest BCUT2D eigenvalue weighted by atomic mass is 35.5. The number of nitrogens with one attached hydrogen (secondary N) is 1. The Balaban J connectivity index is 0.00000200. The van der Waals surface area contributed by atoms with Gasteiger partial charge in [-0.1, -0.05) is 6.07 Å². The third kappa shape index (κ3) is 3.54. The van der Waals surface area contributed by atoms with Crippen molar-refractivity contribution in [1.82, 2.24) is 10.2 Å². The Labute approximate surface area is 125 Å². The molecule has 1 unspecified atom stereocenters. The fourth-order valence-electron chi connectivity index (χ4n) is 2.33. The van der Waals surface area contributed by atoms with Crippen molar-refractivity contribution in [2.24, 2.45) is 0 Å². The van der Waals surface area contributed by atoms with E-state index in [9.17, 15) is 5.26 Å². The molecular weight excluding hydrogens is 278 g/mol. The first-order chi connectivity index (χ1) is 9.30. The van der Waals surface area contributed by atoms with Crippen LogP contribution in [-0.2, 0) is 0 Å². The van der Waals surface area contributed by atoms with E-state index in [1.807, 2.05) is 18.2 Å². The molecule has 0 radical (unpaired) electrons. The largest absolute Gasteiger partial charge is 0.493 e. The maximum atomic E-state index is 9.44. The molecule has 20 heavy (non-hydrogen) atoms. The quantitative estimate of drug-likeness (QED) is 0.915. The molecule has 110 valence electrons. The van der Waals surface area contributed by atoms with Gasteiger partial charge in [-0.2, -0.15) is 5.26 Å². The van der Waals surface area contributed by atoms with Crippen LogP contribution in [-0.4, -0.2) is 45.3 Å². The number of nitrogens with zero attached hydrogens (tertiary/aromatic N) is 2. The van der Waals surface area contributed by atoms with Crippen LogP contribution in [0.15, 0.2) is 18.2 Å². The molecule has 1 heterocycles. The van der Waals surface area contributed by atoms with Crippen molar-refractivity contribution in [3.8, 4) is 17.6 Å². The van der Waals surface area contributed by atoms with Gasteiger partial charge in [0.15, 0.2) is 11.5 Å². The molecule has 5 nitrogen and oxygen atoms in total. The molecule has 1 aromatic rings. The molecule has 1 saturated heterocycles. The molecule has 1 aliphatic heterocycles. The minimum atomic E-state index is -0.234. The number of hydrogen-bond donors (Lipinski definition) is 1. The van der Waals surface area contributed by atoms with E-state index in [2.05, 4.69) is 16.3 Å². The van der Waals surface area contributed by atoms with Crippen LogP contribution < -0.4 is 14.8 Å². The molecule has 0 bridgehead atoms. The first-order valence-corrected chi connectivity index (χ1v) is 6.36. The number of hydrogen-bond acceptors (Lipinski definition) is 5. The zero-order chi connectivity index (χ0) is 13.7. The third-order valence-corrected chi connectivity index (χ3v) is 3.36. The number of benzene rings is 1. The number of methoxy groups -OCH3 is 2. The van der Waals surface area contributed by atoms with Crippen LogP contribution in [0.1, 0.15) is 11.6 Å². The lowest BCUT2D eigenvalue weighted by Gasteiger charge is -2.31. The van der Waals surface area contributed by atoms with Crippen LogP contribution in [0.4, 0.5) is 0 Å². The number of ether oxygens (including phenoxy) is 2. The average molecular weight is 298 g/mol. The lowest BCUT2D eigenvalue weighted by atomic mass is 10.0. The van der Waals surface area contributed by atoms with E-state index >= 15 is 0 Å². The van der Waals surface area contributed by atoms with Gasteiger partial charge >= 0.3 is 0 Å². The van der Waals surface area contributed by atoms with Crippen LogP contribution in [0.3, 0.4) is 0 Å². The lowest BCUT2D eigenvalue weighted by Crippen LogP contribution is -2.44. The molecule has 6 heteroatoms. The third-order valence-electron chi connectivity index (χ3n) is 3.36. The summed E-state index contributed by atoms with van der Waals surface area (Å²) in [6.45, 7) is 3.61. The maximum absolute atomic E-state index is 9.44. The number of halogens is 1. The first kappa shape index (κ1) is 16.6. The SMILES string of the molecule is COc1ccc(C(C#N)N2CCNCC2)cc1OC.Cl. The predicted octanol–water partition coefficient (Wildman–Crippen LogP) is 1.60. The summed E-state index contributed by atoms with van der Waals surface area (Å²) in [6.07, 6.45) is 0. The smallest absolute Gasteiger partial charge is 0.161 e. The molecular formula is C14H20ClN3O2. The van der Waals surface area contributed by atoms with Crippen LogP contribution in [0.25, 0.3) is 0 Å². The number of nitriles is 1. The Bertz CT molecular complexity index is 470. The van der Waals surface area contributed by atoms with E-state index in [0.717, 1.165) is 31.7 Å². The second-order valence-corrected chi connectivity index (χ2v) is 4.43. The normalized spacial score (nSPS) is 16.6. The topological polar surface area (TPSA) is 57.5 Å². The average Bonchev–Trinajstić information content (AvgIpc) is 2.49. The van der Waals surface area contributed by atoms with Gasteiger partial charge in [-0.3, -0.25) is 4.90 Å². The summed E-state index contributed by atoms with van der Waals surface area (Å²) in [5.74, 6) is 1.35. The van der Waals surface area contributed by atoms with E-state index in [1.54, 1.807) is 14.2 Å². The van der Waals surface area contributed by atoms with Gasteiger partial charge in [-0.25, -0.2) is 0 Å². The van der Waals surface area contributed by atoms with Crippen LogP contribution in [0.2, 0.25) is 0 Å². The highest BCUT2D eigenvalue weighted by molar-refractivity contribution is 5.85. The number of piperazine rings is 1. The summed E-state index contributed by atoms with van der Waals surface area (Å²) in [5, 5.41) is 12.7. The molecule has 0 aromatic heterocycles. The summed E-state index contributed by atoms with van der Waals surface area (Å²) in [6, 6.07) is 7.80. The summed E-state index contributed by atoms with van der Waals surface area (Å²) >= 11 is 0. The summed E-state index contributed by atoms with van der Waals surface area (Å²) in [7, 11) is 3.21. The van der Waals surface area contributed by atoms with Crippen molar-refractivity contribution in [2.75, 3.05) is 40.4 Å². The Morgan fingerprint density at radius 1 is 1.20 bits per heavy atom. The second-order valence-electron chi connectivity index (χ2n) is 4.43. The molecule has 2 rings (SSSR count). The van der Waals surface area contributed by atoms with Gasteiger partial charge in [-0.15, -0.1) is 12.4 Å². The predicted molar refractivity (Wildman–Crippen MR) is 79.6 cm³/mol. The Kier molecular flexibility index (Phi) is 6.59. The highest BCUT2D eigenvalue weighted by Gasteiger charge is 2.22. The molecule has 0 spiro atoms. The number of rotatable bonds is 4. The first-order valence-electron chi connectivity index (χ1n) is 6.36. The molecule has 1 aromatic carbocycles. The van der Waals surface area contributed by atoms with Gasteiger partial charge in [0.2, 0.25) is 0 Å². The van der Waals surface area contributed by atoms with E-state index in [-0.39, 0.29) is 18.4 Å². The second kappa shape index (κ2) is 7.95. The van der Waals surface area contributed by atoms with E-state index in [1.165, 1.54) is 0 Å². The molecule has 0 saturated carbocycles. The highest BCUT2D eigenvalue weighted by Crippen LogP contribution is 2.31. The van der Waals surface area contributed by atoms with Gasteiger partial charge in [0.05, 0.1) is 20.3 Å². The molecule has 1 N–H and O–H groups in total. The molecule has 0 aliphatic carbocycles. The van der Waals surface area contributed by atoms with Crippen molar-refractivity contribution in [1.29, 1.82) is 5.26 Å². The summed E-state index contributed by atoms with van der Waals surface area (Å²) in [4.78, 5) is 2.18. The Morgan fingerprint density at radius 3 is 2.40 bits per heavy atom. The van der Waals surface area contributed by atoms with Gasteiger partial charge < -0.3 is 14.8 Å². The lowest BCUT2D eigenvalue weighted by molar-refractivity contribution is 0.207. The fraction of sp³-hybridized carbons (Fsp3) is 0.500. The van der Waals surface area contributed by atoms with Gasteiger partial charge in [0.25, 0.3) is 0 Å². The molecule has 1 aliphatic rings. The monoisotopic (exact) mass is 297 g/mol. The maximum Gasteiger partial charge on any atom is 0.161 e. The minimum Gasteiger partial charge on any atom is -0.493 e. The van der Waals surface area contributed by atoms with E-state index in [4.69, 9.17) is 9.47 Å². The van der Waals surface area contributed by atoms with Crippen LogP contribution in [0, 0.1) is 11.3 Å². The Morgan fingerprint density at radius 2 is 1.85 bits per heavy atom. The van der Waals surface area contributed by atoms with Gasteiger partial charge in [0, 0.05) is 26.2 Å². The Hall–Kier alpha value is -1.48. The van der Waals surface area contributed by atoms with Gasteiger partial charge in [0.1, 0.15) is 6.04 Å².